The molecule has 94 valence electrons. The fourth-order valence-corrected chi connectivity index (χ4v) is 1.89. The summed E-state index contributed by atoms with van der Waals surface area (Å²) in [5, 5.41) is 4.43. The zero-order valence-corrected chi connectivity index (χ0v) is 10.5. The summed E-state index contributed by atoms with van der Waals surface area (Å²) in [7, 11) is 0. The van der Waals surface area contributed by atoms with E-state index in [1.807, 2.05) is 12.1 Å². The van der Waals surface area contributed by atoms with E-state index in [9.17, 15) is 0 Å². The largest absolute Gasteiger partial charge is 0.380 e. The van der Waals surface area contributed by atoms with E-state index in [1.54, 1.807) is 30.6 Å². The lowest BCUT2D eigenvalue weighted by Crippen LogP contribution is -1.91. The summed E-state index contributed by atoms with van der Waals surface area (Å²) < 4.78 is 5.23. The highest BCUT2D eigenvalue weighted by atomic mass is 35.5. The molecule has 6 heteroatoms. The minimum absolute atomic E-state index is 0.296. The smallest absolute Gasteiger partial charge is 0.214 e. The maximum absolute atomic E-state index is 5.87. The SMILES string of the molecule is Nc1noc(-c2ncccn2)c1-c1ccc(Cl)cc1. The molecule has 0 saturated carbocycles. The first kappa shape index (κ1) is 11.7. The van der Waals surface area contributed by atoms with Gasteiger partial charge in [0.15, 0.2) is 11.6 Å². The van der Waals surface area contributed by atoms with Crippen molar-refractivity contribution in [2.75, 3.05) is 5.73 Å². The van der Waals surface area contributed by atoms with Crippen molar-refractivity contribution >= 4 is 17.4 Å². The Kier molecular flexibility index (Phi) is 2.89. The van der Waals surface area contributed by atoms with E-state index in [2.05, 4.69) is 15.1 Å². The van der Waals surface area contributed by atoms with E-state index < -0.39 is 0 Å². The standard InChI is InChI=1S/C13H9ClN4O/c14-9-4-2-8(3-5-9)10-11(19-18-12(10)15)13-16-6-1-7-17-13/h1-7H,(H2,15,18). The molecule has 0 fully saturated rings. The van der Waals surface area contributed by atoms with Gasteiger partial charge in [-0.2, -0.15) is 0 Å². The number of benzene rings is 1. The van der Waals surface area contributed by atoms with Crippen LogP contribution in [0.2, 0.25) is 5.02 Å². The third kappa shape index (κ3) is 2.15. The van der Waals surface area contributed by atoms with Crippen LogP contribution in [-0.4, -0.2) is 15.1 Å². The van der Waals surface area contributed by atoms with Crippen LogP contribution in [0.25, 0.3) is 22.7 Å². The van der Waals surface area contributed by atoms with Crippen molar-refractivity contribution in [3.8, 4) is 22.7 Å². The number of anilines is 1. The predicted octanol–water partition coefficient (Wildman–Crippen LogP) is 3.03. The molecule has 0 aliphatic rings. The lowest BCUT2D eigenvalue weighted by Gasteiger charge is -2.01. The van der Waals surface area contributed by atoms with Gasteiger partial charge >= 0.3 is 0 Å². The summed E-state index contributed by atoms with van der Waals surface area (Å²) >= 11 is 5.87. The quantitative estimate of drug-likeness (QED) is 0.776. The number of nitrogens with zero attached hydrogens (tertiary/aromatic N) is 3. The second kappa shape index (κ2) is 4.70. The fourth-order valence-electron chi connectivity index (χ4n) is 1.77. The minimum atomic E-state index is 0.296. The number of rotatable bonds is 2. The molecule has 2 aromatic heterocycles. The number of hydrogen-bond acceptors (Lipinski definition) is 5. The highest BCUT2D eigenvalue weighted by molar-refractivity contribution is 6.30. The Labute approximate surface area is 114 Å². The fraction of sp³-hybridized carbons (Fsp3) is 0. The zero-order chi connectivity index (χ0) is 13.2. The maximum Gasteiger partial charge on any atom is 0.214 e. The molecule has 0 saturated heterocycles. The van der Waals surface area contributed by atoms with Crippen molar-refractivity contribution in [1.29, 1.82) is 0 Å². The van der Waals surface area contributed by atoms with Gasteiger partial charge in [0.2, 0.25) is 5.76 Å². The molecule has 19 heavy (non-hydrogen) atoms. The summed E-state index contributed by atoms with van der Waals surface area (Å²) in [5.74, 6) is 1.18. The van der Waals surface area contributed by atoms with Gasteiger partial charge < -0.3 is 10.3 Å². The molecule has 0 bridgehead atoms. The number of hydrogen-bond donors (Lipinski definition) is 1. The average Bonchev–Trinajstić information content (AvgIpc) is 2.83. The molecular weight excluding hydrogens is 264 g/mol. The molecule has 0 unspecified atom stereocenters. The monoisotopic (exact) mass is 272 g/mol. The van der Waals surface area contributed by atoms with Crippen LogP contribution < -0.4 is 5.73 Å². The molecule has 2 heterocycles. The molecule has 5 nitrogen and oxygen atoms in total. The van der Waals surface area contributed by atoms with Crippen LogP contribution in [0.1, 0.15) is 0 Å². The third-order valence-electron chi connectivity index (χ3n) is 2.62. The second-order valence-electron chi connectivity index (χ2n) is 3.85. The van der Waals surface area contributed by atoms with Crippen LogP contribution in [0.15, 0.2) is 47.2 Å². The van der Waals surface area contributed by atoms with Crippen LogP contribution >= 0.6 is 11.6 Å². The van der Waals surface area contributed by atoms with Gasteiger partial charge in [0.25, 0.3) is 0 Å². The van der Waals surface area contributed by atoms with Gasteiger partial charge in [0, 0.05) is 17.4 Å². The van der Waals surface area contributed by atoms with Gasteiger partial charge in [-0.1, -0.05) is 28.9 Å². The van der Waals surface area contributed by atoms with E-state index in [0.717, 1.165) is 5.56 Å². The van der Waals surface area contributed by atoms with Gasteiger partial charge in [-0.3, -0.25) is 0 Å². The first-order valence-electron chi connectivity index (χ1n) is 5.54. The van der Waals surface area contributed by atoms with Crippen LogP contribution in [0.5, 0.6) is 0 Å². The molecule has 0 spiro atoms. The highest BCUT2D eigenvalue weighted by Gasteiger charge is 2.19. The molecule has 3 aromatic rings. The first-order chi connectivity index (χ1) is 9.25. The van der Waals surface area contributed by atoms with Crippen molar-refractivity contribution in [1.82, 2.24) is 15.1 Å². The summed E-state index contributed by atoms with van der Waals surface area (Å²) in [4.78, 5) is 8.28. The zero-order valence-electron chi connectivity index (χ0n) is 9.75. The molecule has 0 amide bonds. The van der Waals surface area contributed by atoms with E-state index in [-0.39, 0.29) is 0 Å². The van der Waals surface area contributed by atoms with E-state index in [1.165, 1.54) is 0 Å². The average molecular weight is 273 g/mol. The molecule has 2 N–H and O–H groups in total. The Morgan fingerprint density at radius 3 is 2.42 bits per heavy atom. The van der Waals surface area contributed by atoms with Crippen molar-refractivity contribution < 1.29 is 4.52 Å². The topological polar surface area (TPSA) is 77.8 Å². The molecule has 3 rings (SSSR count). The van der Waals surface area contributed by atoms with Gasteiger partial charge in [-0.15, -0.1) is 0 Å². The first-order valence-corrected chi connectivity index (χ1v) is 5.92. The highest BCUT2D eigenvalue weighted by Crippen LogP contribution is 2.35. The number of nitrogen functional groups attached to an aromatic ring is 1. The van der Waals surface area contributed by atoms with Crippen molar-refractivity contribution in [3.05, 3.63) is 47.7 Å². The molecule has 0 atom stereocenters. The van der Waals surface area contributed by atoms with Gasteiger partial charge in [-0.05, 0) is 23.8 Å². The molecule has 0 aliphatic carbocycles. The Hall–Kier alpha value is -2.40. The molecule has 0 aliphatic heterocycles. The summed E-state index contributed by atoms with van der Waals surface area (Å²) in [6.45, 7) is 0. The number of halogens is 1. The van der Waals surface area contributed by atoms with E-state index in [4.69, 9.17) is 21.9 Å². The normalized spacial score (nSPS) is 10.6. The van der Waals surface area contributed by atoms with Crippen LogP contribution in [0, 0.1) is 0 Å². The number of nitrogens with two attached hydrogens (primary N) is 1. The second-order valence-corrected chi connectivity index (χ2v) is 4.29. The minimum Gasteiger partial charge on any atom is -0.380 e. The summed E-state index contributed by atoms with van der Waals surface area (Å²) in [5.41, 5.74) is 7.38. The van der Waals surface area contributed by atoms with E-state index >= 15 is 0 Å². The summed E-state index contributed by atoms with van der Waals surface area (Å²) in [6.07, 6.45) is 3.26. The Morgan fingerprint density at radius 2 is 1.74 bits per heavy atom. The lowest BCUT2D eigenvalue weighted by atomic mass is 10.1. The van der Waals surface area contributed by atoms with Gasteiger partial charge in [0.05, 0.1) is 5.56 Å². The Morgan fingerprint density at radius 1 is 1.05 bits per heavy atom. The van der Waals surface area contributed by atoms with Crippen molar-refractivity contribution in [2.24, 2.45) is 0 Å². The van der Waals surface area contributed by atoms with Crippen molar-refractivity contribution in [2.45, 2.75) is 0 Å². The Bertz CT molecular complexity index is 694. The summed E-state index contributed by atoms with van der Waals surface area (Å²) in [6, 6.07) is 8.97. The van der Waals surface area contributed by atoms with Crippen LogP contribution in [0.4, 0.5) is 5.82 Å². The van der Waals surface area contributed by atoms with Crippen LogP contribution in [-0.2, 0) is 0 Å². The molecule has 0 radical (unpaired) electrons. The lowest BCUT2D eigenvalue weighted by molar-refractivity contribution is 0.433. The van der Waals surface area contributed by atoms with Gasteiger partial charge in [0.1, 0.15) is 0 Å². The molecule has 1 aromatic carbocycles. The van der Waals surface area contributed by atoms with Crippen LogP contribution in [0.3, 0.4) is 0 Å². The Balaban J connectivity index is 2.17. The maximum atomic E-state index is 5.87. The molecular formula is C13H9ClN4O. The van der Waals surface area contributed by atoms with Gasteiger partial charge in [-0.25, -0.2) is 9.97 Å². The number of aromatic nitrogens is 3. The predicted molar refractivity (Wildman–Crippen MR) is 72.4 cm³/mol. The third-order valence-corrected chi connectivity index (χ3v) is 2.87. The van der Waals surface area contributed by atoms with E-state index in [0.29, 0.717) is 28.0 Å². The van der Waals surface area contributed by atoms with Crippen molar-refractivity contribution in [3.63, 3.8) is 0 Å².